The van der Waals surface area contributed by atoms with Crippen molar-refractivity contribution >= 4 is 27.8 Å². The second-order valence-corrected chi connectivity index (χ2v) is 5.29. The first kappa shape index (κ1) is 16.0. The SMILES string of the molecule is Cc1cc(COc2ccc(C(=O)NCC(=O)O)cc2Br)no1. The minimum absolute atomic E-state index is 0.237. The van der Waals surface area contributed by atoms with Crippen molar-refractivity contribution < 1.29 is 24.0 Å². The van der Waals surface area contributed by atoms with Gasteiger partial charge in [0.15, 0.2) is 0 Å². The van der Waals surface area contributed by atoms with E-state index in [0.29, 0.717) is 27.2 Å². The lowest BCUT2D eigenvalue weighted by Gasteiger charge is -2.08. The van der Waals surface area contributed by atoms with Crippen LogP contribution in [0.25, 0.3) is 0 Å². The molecule has 0 aliphatic carbocycles. The predicted molar refractivity (Wildman–Crippen MR) is 79.7 cm³/mol. The molecule has 7 nitrogen and oxygen atoms in total. The standard InChI is InChI=1S/C14H13BrN2O5/c1-8-4-10(17-22-8)7-21-12-3-2-9(5-11(12)15)14(20)16-6-13(18)19/h2-5H,6-7H2,1H3,(H,16,20)(H,18,19). The van der Waals surface area contributed by atoms with Gasteiger partial charge in [0.05, 0.1) is 4.47 Å². The molecule has 0 saturated carbocycles. The smallest absolute Gasteiger partial charge is 0.322 e. The molecule has 2 rings (SSSR count). The van der Waals surface area contributed by atoms with Crippen LogP contribution in [-0.4, -0.2) is 28.7 Å². The normalized spacial score (nSPS) is 10.3. The molecule has 0 spiro atoms. The Morgan fingerprint density at radius 2 is 2.18 bits per heavy atom. The average Bonchev–Trinajstić information content (AvgIpc) is 2.89. The van der Waals surface area contributed by atoms with Gasteiger partial charge in [-0.25, -0.2) is 0 Å². The van der Waals surface area contributed by atoms with Crippen molar-refractivity contribution in [3.63, 3.8) is 0 Å². The van der Waals surface area contributed by atoms with Gasteiger partial charge in [-0.3, -0.25) is 9.59 Å². The molecule has 0 atom stereocenters. The number of rotatable bonds is 6. The topological polar surface area (TPSA) is 102 Å². The average molecular weight is 369 g/mol. The van der Waals surface area contributed by atoms with E-state index < -0.39 is 18.4 Å². The lowest BCUT2D eigenvalue weighted by Crippen LogP contribution is -2.29. The maximum Gasteiger partial charge on any atom is 0.322 e. The highest BCUT2D eigenvalue weighted by molar-refractivity contribution is 9.10. The summed E-state index contributed by atoms with van der Waals surface area (Å²) < 4.78 is 11.1. The number of aromatic nitrogens is 1. The molecule has 22 heavy (non-hydrogen) atoms. The van der Waals surface area contributed by atoms with Crippen LogP contribution in [0.4, 0.5) is 0 Å². The zero-order valence-electron chi connectivity index (χ0n) is 11.6. The number of aryl methyl sites for hydroxylation is 1. The lowest BCUT2D eigenvalue weighted by molar-refractivity contribution is -0.135. The second-order valence-electron chi connectivity index (χ2n) is 4.44. The number of carboxylic acid groups (broad SMARTS) is 1. The molecule has 8 heteroatoms. The first-order valence-electron chi connectivity index (χ1n) is 6.30. The molecule has 0 aliphatic heterocycles. The summed E-state index contributed by atoms with van der Waals surface area (Å²) in [5, 5.41) is 14.6. The number of ether oxygens (including phenoxy) is 1. The van der Waals surface area contributed by atoms with E-state index in [4.69, 9.17) is 14.4 Å². The number of carboxylic acids is 1. The number of halogens is 1. The number of carbonyl (C=O) groups excluding carboxylic acids is 1. The van der Waals surface area contributed by atoms with Crippen LogP contribution in [-0.2, 0) is 11.4 Å². The number of hydrogen-bond donors (Lipinski definition) is 2. The molecular formula is C14H13BrN2O5. The second kappa shape index (κ2) is 7.08. The Morgan fingerprint density at radius 3 is 2.77 bits per heavy atom. The molecule has 0 unspecified atom stereocenters. The molecule has 1 heterocycles. The summed E-state index contributed by atoms with van der Waals surface area (Å²) in [6, 6.07) is 6.49. The Balaban J connectivity index is 1.99. The van der Waals surface area contributed by atoms with Crippen LogP contribution < -0.4 is 10.1 Å². The fraction of sp³-hybridized carbons (Fsp3) is 0.214. The van der Waals surface area contributed by atoms with Crippen molar-refractivity contribution in [1.29, 1.82) is 0 Å². The van der Waals surface area contributed by atoms with Gasteiger partial charge in [-0.1, -0.05) is 5.16 Å². The van der Waals surface area contributed by atoms with E-state index in [1.54, 1.807) is 31.2 Å². The molecule has 1 aromatic carbocycles. The van der Waals surface area contributed by atoms with Crippen LogP contribution >= 0.6 is 15.9 Å². The maximum absolute atomic E-state index is 11.7. The van der Waals surface area contributed by atoms with Gasteiger partial charge in [0.1, 0.15) is 30.4 Å². The Bertz CT molecular complexity index is 698. The van der Waals surface area contributed by atoms with Crippen molar-refractivity contribution in [2.45, 2.75) is 13.5 Å². The minimum Gasteiger partial charge on any atom is -0.486 e. The number of nitrogens with zero attached hydrogens (tertiary/aromatic N) is 1. The van der Waals surface area contributed by atoms with Gasteiger partial charge in [0.2, 0.25) is 0 Å². The summed E-state index contributed by atoms with van der Waals surface area (Å²) in [5.41, 5.74) is 0.991. The third-order valence-electron chi connectivity index (χ3n) is 2.65. The van der Waals surface area contributed by atoms with E-state index in [2.05, 4.69) is 26.4 Å². The van der Waals surface area contributed by atoms with E-state index in [0.717, 1.165) is 0 Å². The Morgan fingerprint density at radius 1 is 1.41 bits per heavy atom. The third kappa shape index (κ3) is 4.32. The molecule has 0 bridgehead atoms. The first-order valence-corrected chi connectivity index (χ1v) is 7.09. The van der Waals surface area contributed by atoms with Gasteiger partial charge < -0.3 is 19.7 Å². The molecule has 0 saturated heterocycles. The number of nitrogens with one attached hydrogen (secondary N) is 1. The number of benzene rings is 1. The zero-order valence-corrected chi connectivity index (χ0v) is 13.2. The summed E-state index contributed by atoms with van der Waals surface area (Å²) in [6.07, 6.45) is 0. The third-order valence-corrected chi connectivity index (χ3v) is 3.27. The highest BCUT2D eigenvalue weighted by Crippen LogP contribution is 2.26. The number of carbonyl (C=O) groups is 2. The monoisotopic (exact) mass is 368 g/mol. The summed E-state index contributed by atoms with van der Waals surface area (Å²) >= 11 is 3.31. The number of hydrogen-bond acceptors (Lipinski definition) is 5. The fourth-order valence-corrected chi connectivity index (χ4v) is 2.15. The maximum atomic E-state index is 11.7. The number of amides is 1. The molecule has 1 amide bonds. The van der Waals surface area contributed by atoms with Gasteiger partial charge in [-0.2, -0.15) is 0 Å². The van der Waals surface area contributed by atoms with Crippen molar-refractivity contribution in [3.8, 4) is 5.75 Å². The van der Waals surface area contributed by atoms with Crippen LogP contribution in [0, 0.1) is 6.92 Å². The van der Waals surface area contributed by atoms with Crippen molar-refractivity contribution in [3.05, 3.63) is 45.8 Å². The van der Waals surface area contributed by atoms with Crippen molar-refractivity contribution in [1.82, 2.24) is 10.5 Å². The van der Waals surface area contributed by atoms with E-state index in [9.17, 15) is 9.59 Å². The van der Waals surface area contributed by atoms with E-state index in [1.165, 1.54) is 0 Å². The van der Waals surface area contributed by atoms with Crippen LogP contribution in [0.15, 0.2) is 33.3 Å². The molecule has 2 N–H and O–H groups in total. The summed E-state index contributed by atoms with van der Waals surface area (Å²) in [5.74, 6) is -0.337. The van der Waals surface area contributed by atoms with Crippen molar-refractivity contribution in [2.24, 2.45) is 0 Å². The van der Waals surface area contributed by atoms with Crippen LogP contribution in [0.2, 0.25) is 0 Å². The molecule has 116 valence electrons. The predicted octanol–water partition coefficient (Wildman–Crippen LogP) is 2.14. The fourth-order valence-electron chi connectivity index (χ4n) is 1.65. The zero-order chi connectivity index (χ0) is 16.1. The summed E-state index contributed by atoms with van der Waals surface area (Å²) in [6.45, 7) is 1.59. The molecular weight excluding hydrogens is 356 g/mol. The van der Waals surface area contributed by atoms with Crippen molar-refractivity contribution in [2.75, 3.05) is 6.54 Å². The lowest BCUT2D eigenvalue weighted by atomic mass is 10.2. The Labute approximate surface area is 134 Å². The molecule has 2 aromatic rings. The van der Waals surface area contributed by atoms with Gasteiger partial charge in [-0.15, -0.1) is 0 Å². The van der Waals surface area contributed by atoms with Gasteiger partial charge in [0, 0.05) is 11.6 Å². The quantitative estimate of drug-likeness (QED) is 0.809. The Kier molecular flexibility index (Phi) is 5.16. The highest BCUT2D eigenvalue weighted by atomic mass is 79.9. The highest BCUT2D eigenvalue weighted by Gasteiger charge is 2.11. The molecule has 1 aromatic heterocycles. The summed E-state index contributed by atoms with van der Waals surface area (Å²) in [7, 11) is 0. The largest absolute Gasteiger partial charge is 0.486 e. The van der Waals surface area contributed by atoms with E-state index in [1.807, 2.05) is 0 Å². The van der Waals surface area contributed by atoms with E-state index >= 15 is 0 Å². The Hall–Kier alpha value is -2.35. The first-order chi connectivity index (χ1) is 10.5. The van der Waals surface area contributed by atoms with Gasteiger partial charge >= 0.3 is 5.97 Å². The van der Waals surface area contributed by atoms with E-state index in [-0.39, 0.29) is 6.61 Å². The van der Waals surface area contributed by atoms with Gasteiger partial charge in [0.25, 0.3) is 5.91 Å². The van der Waals surface area contributed by atoms with Crippen LogP contribution in [0.3, 0.4) is 0 Å². The number of aliphatic carboxylic acids is 1. The molecule has 0 fully saturated rings. The van der Waals surface area contributed by atoms with Crippen LogP contribution in [0.5, 0.6) is 5.75 Å². The van der Waals surface area contributed by atoms with Gasteiger partial charge in [-0.05, 0) is 41.1 Å². The van der Waals surface area contributed by atoms with Crippen LogP contribution in [0.1, 0.15) is 21.8 Å². The molecule has 0 radical (unpaired) electrons. The molecule has 0 aliphatic rings. The minimum atomic E-state index is -1.10. The summed E-state index contributed by atoms with van der Waals surface area (Å²) in [4.78, 5) is 22.2.